The number of nitrogens with one attached hydrogen (secondary N) is 1. The standard InChI is InChI=1S/C19H23N5O4/c1-11-2-4-14(19(27)28)16(6-11)23-18(26)15(20)7-12-8-22-24(10-12)17-5-3-13(25)9-21-17/h3,5,8-11,15,25H,2,4,6-7,20H2,1H3,(H,23,26)(H,27,28). The molecule has 28 heavy (non-hydrogen) atoms. The summed E-state index contributed by atoms with van der Waals surface area (Å²) in [5.41, 5.74) is 7.47. The highest BCUT2D eigenvalue weighted by molar-refractivity contribution is 5.90. The lowest BCUT2D eigenvalue weighted by molar-refractivity contribution is -0.133. The Labute approximate surface area is 161 Å². The maximum absolute atomic E-state index is 12.5. The summed E-state index contributed by atoms with van der Waals surface area (Å²) in [7, 11) is 0. The summed E-state index contributed by atoms with van der Waals surface area (Å²) in [6, 6.07) is 2.27. The molecule has 9 nitrogen and oxygen atoms in total. The van der Waals surface area contributed by atoms with Crippen LogP contribution in [-0.2, 0) is 16.0 Å². The van der Waals surface area contributed by atoms with Crippen LogP contribution in [0.25, 0.3) is 5.82 Å². The van der Waals surface area contributed by atoms with Crippen LogP contribution < -0.4 is 11.1 Å². The molecular formula is C19H23N5O4. The van der Waals surface area contributed by atoms with E-state index in [4.69, 9.17) is 5.73 Å². The smallest absolute Gasteiger partial charge is 0.333 e. The number of carbonyl (C=O) groups excluding carboxylic acids is 1. The monoisotopic (exact) mass is 385 g/mol. The quantitative estimate of drug-likeness (QED) is 0.583. The van der Waals surface area contributed by atoms with Gasteiger partial charge in [-0.05, 0) is 49.3 Å². The number of hydrogen-bond acceptors (Lipinski definition) is 6. The van der Waals surface area contributed by atoms with Gasteiger partial charge < -0.3 is 21.3 Å². The van der Waals surface area contributed by atoms with Gasteiger partial charge in [0.05, 0.1) is 24.0 Å². The minimum atomic E-state index is -1.00. The van der Waals surface area contributed by atoms with E-state index in [9.17, 15) is 19.8 Å². The van der Waals surface area contributed by atoms with Gasteiger partial charge in [-0.3, -0.25) is 4.79 Å². The van der Waals surface area contributed by atoms with Crippen molar-refractivity contribution in [2.45, 2.75) is 38.6 Å². The van der Waals surface area contributed by atoms with Crippen LogP contribution in [0.5, 0.6) is 5.75 Å². The number of nitrogens with two attached hydrogens (primary N) is 1. The molecule has 2 atom stereocenters. The van der Waals surface area contributed by atoms with Gasteiger partial charge in [0.25, 0.3) is 0 Å². The lowest BCUT2D eigenvalue weighted by Gasteiger charge is -2.24. The van der Waals surface area contributed by atoms with Crippen molar-refractivity contribution < 1.29 is 19.8 Å². The summed E-state index contributed by atoms with van der Waals surface area (Å²) in [6.45, 7) is 2.02. The molecule has 1 aliphatic rings. The van der Waals surface area contributed by atoms with Crippen molar-refractivity contribution >= 4 is 11.9 Å². The predicted octanol–water partition coefficient (Wildman–Crippen LogP) is 1.12. The van der Waals surface area contributed by atoms with E-state index in [1.54, 1.807) is 18.5 Å². The van der Waals surface area contributed by atoms with Gasteiger partial charge in [-0.1, -0.05) is 6.92 Å². The molecule has 2 aromatic rings. The van der Waals surface area contributed by atoms with Gasteiger partial charge in [0.2, 0.25) is 5.91 Å². The normalized spacial score (nSPS) is 18.0. The van der Waals surface area contributed by atoms with Crippen LogP contribution in [0.1, 0.15) is 31.7 Å². The number of aromatic hydroxyl groups is 1. The molecular weight excluding hydrogens is 362 g/mol. The molecule has 0 saturated heterocycles. The Morgan fingerprint density at radius 2 is 2.18 bits per heavy atom. The van der Waals surface area contributed by atoms with Gasteiger partial charge in [0.1, 0.15) is 5.75 Å². The van der Waals surface area contributed by atoms with Crippen molar-refractivity contribution in [2.75, 3.05) is 0 Å². The first-order valence-corrected chi connectivity index (χ1v) is 9.04. The minimum Gasteiger partial charge on any atom is -0.506 e. The molecule has 3 rings (SSSR count). The molecule has 2 heterocycles. The first-order valence-electron chi connectivity index (χ1n) is 9.04. The number of amides is 1. The third kappa shape index (κ3) is 4.55. The number of pyridine rings is 1. The Balaban J connectivity index is 1.66. The van der Waals surface area contributed by atoms with Gasteiger partial charge >= 0.3 is 5.97 Å². The highest BCUT2D eigenvalue weighted by Gasteiger charge is 2.25. The molecule has 0 radical (unpaired) electrons. The second kappa shape index (κ2) is 8.22. The number of carboxylic acid groups (broad SMARTS) is 1. The molecule has 0 aliphatic heterocycles. The average molecular weight is 385 g/mol. The zero-order valence-corrected chi connectivity index (χ0v) is 15.5. The van der Waals surface area contributed by atoms with E-state index in [0.29, 0.717) is 30.3 Å². The summed E-state index contributed by atoms with van der Waals surface area (Å²) >= 11 is 0. The van der Waals surface area contributed by atoms with E-state index < -0.39 is 17.9 Å². The highest BCUT2D eigenvalue weighted by atomic mass is 16.4. The van der Waals surface area contributed by atoms with E-state index >= 15 is 0 Å². The molecule has 2 unspecified atom stereocenters. The Hall–Kier alpha value is -3.20. The number of aliphatic carboxylic acids is 1. The minimum absolute atomic E-state index is 0.0573. The fourth-order valence-corrected chi connectivity index (χ4v) is 3.17. The maximum Gasteiger partial charge on any atom is 0.333 e. The zero-order chi connectivity index (χ0) is 20.3. The summed E-state index contributed by atoms with van der Waals surface area (Å²) in [5, 5.41) is 25.5. The Kier molecular flexibility index (Phi) is 5.74. The van der Waals surface area contributed by atoms with E-state index in [1.165, 1.54) is 16.9 Å². The van der Waals surface area contributed by atoms with Gasteiger partial charge in [-0.15, -0.1) is 0 Å². The molecule has 0 bridgehead atoms. The Morgan fingerprint density at radius 3 is 2.86 bits per heavy atom. The van der Waals surface area contributed by atoms with E-state index in [0.717, 1.165) is 12.0 Å². The first kappa shape index (κ1) is 19.6. The van der Waals surface area contributed by atoms with Crippen LogP contribution in [0.2, 0.25) is 0 Å². The fraction of sp³-hybridized carbons (Fsp3) is 0.368. The van der Waals surface area contributed by atoms with E-state index in [2.05, 4.69) is 15.4 Å². The highest BCUT2D eigenvalue weighted by Crippen LogP contribution is 2.27. The lowest BCUT2D eigenvalue weighted by Crippen LogP contribution is -2.42. The number of carboxylic acids is 1. The molecule has 5 N–H and O–H groups in total. The van der Waals surface area contributed by atoms with Crippen molar-refractivity contribution in [3.8, 4) is 11.6 Å². The van der Waals surface area contributed by atoms with Crippen molar-refractivity contribution in [3.63, 3.8) is 0 Å². The SMILES string of the molecule is CC1CCC(C(=O)O)=C(NC(=O)C(N)Cc2cnn(-c3ccc(O)cn3)c2)C1. The predicted molar refractivity (Wildman–Crippen MR) is 101 cm³/mol. The van der Waals surface area contributed by atoms with Crippen LogP contribution in [-0.4, -0.2) is 42.9 Å². The second-order valence-corrected chi connectivity index (χ2v) is 7.08. The number of hydrogen-bond donors (Lipinski definition) is 4. The van der Waals surface area contributed by atoms with Crippen LogP contribution in [0.3, 0.4) is 0 Å². The first-order chi connectivity index (χ1) is 13.3. The van der Waals surface area contributed by atoms with Crippen LogP contribution in [0.4, 0.5) is 0 Å². The van der Waals surface area contributed by atoms with E-state index in [-0.39, 0.29) is 17.7 Å². The number of rotatable bonds is 6. The molecule has 0 spiro atoms. The van der Waals surface area contributed by atoms with Gasteiger partial charge in [0.15, 0.2) is 5.82 Å². The maximum atomic E-state index is 12.5. The van der Waals surface area contributed by atoms with Crippen LogP contribution in [0, 0.1) is 5.92 Å². The topological polar surface area (TPSA) is 143 Å². The molecule has 9 heteroatoms. The molecule has 1 amide bonds. The van der Waals surface area contributed by atoms with E-state index in [1.807, 2.05) is 6.92 Å². The number of aromatic nitrogens is 3. The van der Waals surface area contributed by atoms with Gasteiger partial charge in [-0.25, -0.2) is 14.5 Å². The largest absolute Gasteiger partial charge is 0.506 e. The van der Waals surface area contributed by atoms with Crippen molar-refractivity contribution in [1.29, 1.82) is 0 Å². The summed E-state index contributed by atoms with van der Waals surface area (Å²) in [5.74, 6) is -0.529. The fourth-order valence-electron chi connectivity index (χ4n) is 3.17. The average Bonchev–Trinajstić information content (AvgIpc) is 3.10. The molecule has 0 fully saturated rings. The zero-order valence-electron chi connectivity index (χ0n) is 15.5. The lowest BCUT2D eigenvalue weighted by atomic mass is 9.88. The summed E-state index contributed by atoms with van der Waals surface area (Å²) in [6.07, 6.45) is 6.60. The number of allylic oxidation sites excluding steroid dienone is 1. The molecule has 2 aromatic heterocycles. The molecule has 0 saturated carbocycles. The Bertz CT molecular complexity index is 903. The number of nitrogens with zero attached hydrogens (tertiary/aromatic N) is 3. The van der Waals surface area contributed by atoms with Gasteiger partial charge in [0, 0.05) is 11.9 Å². The van der Waals surface area contributed by atoms with Crippen LogP contribution in [0.15, 0.2) is 42.0 Å². The summed E-state index contributed by atoms with van der Waals surface area (Å²) < 4.78 is 1.52. The van der Waals surface area contributed by atoms with Crippen molar-refractivity contribution in [2.24, 2.45) is 11.7 Å². The third-order valence-corrected chi connectivity index (χ3v) is 4.73. The van der Waals surface area contributed by atoms with Crippen LogP contribution >= 0.6 is 0 Å². The Morgan fingerprint density at radius 1 is 1.39 bits per heavy atom. The molecule has 148 valence electrons. The summed E-state index contributed by atoms with van der Waals surface area (Å²) in [4.78, 5) is 27.9. The molecule has 0 aromatic carbocycles. The second-order valence-electron chi connectivity index (χ2n) is 7.08. The van der Waals surface area contributed by atoms with Crippen molar-refractivity contribution in [1.82, 2.24) is 20.1 Å². The number of carbonyl (C=O) groups is 2. The van der Waals surface area contributed by atoms with Crippen molar-refractivity contribution in [3.05, 3.63) is 47.6 Å². The third-order valence-electron chi connectivity index (χ3n) is 4.73. The van der Waals surface area contributed by atoms with Gasteiger partial charge in [-0.2, -0.15) is 5.10 Å². The molecule has 1 aliphatic carbocycles.